The van der Waals surface area contributed by atoms with Gasteiger partial charge in [0, 0.05) is 13.7 Å². The lowest BCUT2D eigenvalue weighted by molar-refractivity contribution is -0.00840. The van der Waals surface area contributed by atoms with Crippen molar-refractivity contribution in [2.24, 2.45) is 0 Å². The fraction of sp³-hybridized carbons (Fsp3) is 0.500. The highest BCUT2D eigenvalue weighted by atomic mass is 19.1. The second kappa shape index (κ2) is 6.61. The summed E-state index contributed by atoms with van der Waals surface area (Å²) in [5.74, 6) is -0.855. The van der Waals surface area contributed by atoms with E-state index in [-0.39, 0.29) is 23.6 Å². The molecular formula is C14H19FO3. The van der Waals surface area contributed by atoms with Crippen molar-refractivity contribution in [1.29, 1.82) is 0 Å². The molecule has 0 heterocycles. The fourth-order valence-electron chi connectivity index (χ4n) is 1.35. The summed E-state index contributed by atoms with van der Waals surface area (Å²) in [4.78, 5) is 11.7. The number of carbonyl (C=O) groups excluding carboxylic acids is 1. The van der Waals surface area contributed by atoms with Crippen LogP contribution in [0.5, 0.6) is 0 Å². The van der Waals surface area contributed by atoms with Crippen LogP contribution in [0.4, 0.5) is 4.39 Å². The van der Waals surface area contributed by atoms with Gasteiger partial charge < -0.3 is 9.47 Å². The van der Waals surface area contributed by atoms with Gasteiger partial charge in [0.15, 0.2) is 5.78 Å². The van der Waals surface area contributed by atoms with E-state index in [0.29, 0.717) is 13.0 Å². The van der Waals surface area contributed by atoms with Gasteiger partial charge in [0.1, 0.15) is 12.4 Å². The Labute approximate surface area is 107 Å². The number of carbonyl (C=O) groups is 1. The molecule has 18 heavy (non-hydrogen) atoms. The van der Waals surface area contributed by atoms with Crippen molar-refractivity contribution in [3.63, 3.8) is 0 Å². The zero-order valence-electron chi connectivity index (χ0n) is 11.0. The van der Waals surface area contributed by atoms with E-state index < -0.39 is 5.82 Å². The van der Waals surface area contributed by atoms with Gasteiger partial charge in [-0.05, 0) is 32.4 Å². The lowest BCUT2D eigenvalue weighted by Crippen LogP contribution is -2.25. The molecule has 0 unspecified atom stereocenters. The third kappa shape index (κ3) is 4.55. The first-order valence-corrected chi connectivity index (χ1v) is 5.87. The van der Waals surface area contributed by atoms with Gasteiger partial charge in [-0.2, -0.15) is 0 Å². The minimum atomic E-state index is -0.511. The lowest BCUT2D eigenvalue weighted by atomic mass is 10.1. The number of Topliss-reactive ketones (excluding diaryl/α,β-unsaturated/α-hetero) is 1. The highest BCUT2D eigenvalue weighted by Gasteiger charge is 2.16. The van der Waals surface area contributed by atoms with Crippen molar-refractivity contribution in [2.75, 3.05) is 20.3 Å². The summed E-state index contributed by atoms with van der Waals surface area (Å²) in [6, 6.07) is 5.90. The van der Waals surface area contributed by atoms with Crippen LogP contribution in [0, 0.1) is 5.82 Å². The summed E-state index contributed by atoms with van der Waals surface area (Å²) in [6.45, 7) is 4.17. The highest BCUT2D eigenvalue weighted by molar-refractivity contribution is 5.97. The van der Waals surface area contributed by atoms with E-state index in [1.54, 1.807) is 19.2 Å². The summed E-state index contributed by atoms with van der Waals surface area (Å²) in [6.07, 6.45) is 0.675. The molecule has 0 saturated heterocycles. The first kappa shape index (κ1) is 14.8. The number of hydrogen-bond acceptors (Lipinski definition) is 3. The average molecular weight is 254 g/mol. The third-order valence-electron chi connectivity index (χ3n) is 2.81. The average Bonchev–Trinajstić information content (AvgIpc) is 2.35. The summed E-state index contributed by atoms with van der Waals surface area (Å²) in [5.41, 5.74) is -0.204. The monoisotopic (exact) mass is 254 g/mol. The third-order valence-corrected chi connectivity index (χ3v) is 2.81. The lowest BCUT2D eigenvalue weighted by Gasteiger charge is -2.22. The van der Waals surface area contributed by atoms with Crippen molar-refractivity contribution in [3.8, 4) is 0 Å². The maximum Gasteiger partial charge on any atom is 0.191 e. The Morgan fingerprint density at radius 1 is 1.33 bits per heavy atom. The largest absolute Gasteiger partial charge is 0.379 e. The molecule has 100 valence electrons. The van der Waals surface area contributed by atoms with Crippen LogP contribution in [0.2, 0.25) is 0 Å². The molecule has 0 aromatic heterocycles. The van der Waals surface area contributed by atoms with Gasteiger partial charge in [-0.3, -0.25) is 4.79 Å². The molecule has 0 saturated carbocycles. The van der Waals surface area contributed by atoms with E-state index in [0.717, 1.165) is 0 Å². The number of methoxy groups -OCH3 is 1. The topological polar surface area (TPSA) is 35.5 Å². The second-order valence-corrected chi connectivity index (χ2v) is 4.67. The summed E-state index contributed by atoms with van der Waals surface area (Å²) >= 11 is 0. The van der Waals surface area contributed by atoms with Crippen molar-refractivity contribution in [2.45, 2.75) is 25.9 Å². The summed E-state index contributed by atoms with van der Waals surface area (Å²) < 4.78 is 23.8. The molecule has 3 nitrogen and oxygen atoms in total. The van der Waals surface area contributed by atoms with Crippen molar-refractivity contribution in [3.05, 3.63) is 35.6 Å². The van der Waals surface area contributed by atoms with Gasteiger partial charge in [0.25, 0.3) is 0 Å². The van der Waals surface area contributed by atoms with E-state index in [9.17, 15) is 9.18 Å². The molecule has 0 N–H and O–H groups in total. The predicted octanol–water partition coefficient (Wildman–Crippen LogP) is 2.84. The number of ether oxygens (including phenoxy) is 2. The number of halogens is 1. The van der Waals surface area contributed by atoms with Crippen molar-refractivity contribution >= 4 is 5.78 Å². The van der Waals surface area contributed by atoms with Gasteiger partial charge >= 0.3 is 0 Å². The van der Waals surface area contributed by atoms with Crippen LogP contribution in [0.1, 0.15) is 30.6 Å². The van der Waals surface area contributed by atoms with Crippen LogP contribution in [-0.4, -0.2) is 31.7 Å². The van der Waals surface area contributed by atoms with E-state index >= 15 is 0 Å². The number of ketones is 1. The van der Waals surface area contributed by atoms with Crippen LogP contribution in [-0.2, 0) is 9.47 Å². The quantitative estimate of drug-likeness (QED) is 0.554. The molecule has 0 aliphatic heterocycles. The van der Waals surface area contributed by atoms with E-state index in [1.165, 1.54) is 12.1 Å². The van der Waals surface area contributed by atoms with Crippen LogP contribution in [0.15, 0.2) is 24.3 Å². The normalized spacial score (nSPS) is 11.6. The molecule has 1 rings (SSSR count). The van der Waals surface area contributed by atoms with Crippen LogP contribution >= 0.6 is 0 Å². The Balaban J connectivity index is 2.37. The van der Waals surface area contributed by atoms with Crippen molar-refractivity contribution in [1.82, 2.24) is 0 Å². The van der Waals surface area contributed by atoms with Gasteiger partial charge in [0.05, 0.1) is 11.2 Å². The van der Waals surface area contributed by atoms with Crippen LogP contribution in [0.3, 0.4) is 0 Å². The van der Waals surface area contributed by atoms with Crippen LogP contribution < -0.4 is 0 Å². The summed E-state index contributed by atoms with van der Waals surface area (Å²) in [5, 5.41) is 0. The second-order valence-electron chi connectivity index (χ2n) is 4.67. The maximum absolute atomic E-state index is 13.3. The van der Waals surface area contributed by atoms with Gasteiger partial charge in [-0.15, -0.1) is 0 Å². The number of benzene rings is 1. The minimum absolute atomic E-state index is 0.0727. The van der Waals surface area contributed by atoms with Crippen LogP contribution in [0.25, 0.3) is 0 Å². The molecule has 0 aliphatic rings. The Bertz CT molecular complexity index is 402. The molecule has 0 radical (unpaired) electrons. The molecule has 4 heteroatoms. The Morgan fingerprint density at radius 3 is 2.61 bits per heavy atom. The highest BCUT2D eigenvalue weighted by Crippen LogP contribution is 2.13. The Hall–Kier alpha value is -1.26. The Morgan fingerprint density at radius 2 is 2.00 bits per heavy atom. The number of hydrogen-bond donors (Lipinski definition) is 0. The first-order chi connectivity index (χ1) is 8.46. The van der Waals surface area contributed by atoms with Gasteiger partial charge in [0.2, 0.25) is 0 Å². The fourth-order valence-corrected chi connectivity index (χ4v) is 1.35. The zero-order chi connectivity index (χ0) is 13.6. The standard InChI is InChI=1S/C14H19FO3/c1-14(2,17-3)8-9-18-10-13(16)11-6-4-5-7-12(11)15/h4-7H,8-10H2,1-3H3. The maximum atomic E-state index is 13.3. The zero-order valence-corrected chi connectivity index (χ0v) is 11.0. The molecule has 0 fully saturated rings. The molecule has 1 aromatic rings. The SMILES string of the molecule is COC(C)(C)CCOCC(=O)c1ccccc1F. The van der Waals surface area contributed by atoms with Gasteiger partial charge in [-0.25, -0.2) is 4.39 Å². The Kier molecular flexibility index (Phi) is 5.44. The van der Waals surface area contributed by atoms with E-state index in [1.807, 2.05) is 13.8 Å². The minimum Gasteiger partial charge on any atom is -0.379 e. The van der Waals surface area contributed by atoms with E-state index in [2.05, 4.69) is 0 Å². The molecule has 0 amide bonds. The van der Waals surface area contributed by atoms with Crippen molar-refractivity contribution < 1.29 is 18.7 Å². The smallest absolute Gasteiger partial charge is 0.191 e. The number of rotatable bonds is 7. The summed E-state index contributed by atoms with van der Waals surface area (Å²) in [7, 11) is 1.63. The molecular weight excluding hydrogens is 235 g/mol. The van der Waals surface area contributed by atoms with E-state index in [4.69, 9.17) is 9.47 Å². The van der Waals surface area contributed by atoms with Gasteiger partial charge in [-0.1, -0.05) is 12.1 Å². The first-order valence-electron chi connectivity index (χ1n) is 5.87. The molecule has 0 aliphatic carbocycles. The molecule has 0 atom stereocenters. The molecule has 0 spiro atoms. The molecule has 1 aromatic carbocycles. The molecule has 0 bridgehead atoms. The predicted molar refractivity (Wildman–Crippen MR) is 67.3 cm³/mol.